The molecule has 0 amide bonds. The summed E-state index contributed by atoms with van der Waals surface area (Å²) in [5.41, 5.74) is 14.0. The van der Waals surface area contributed by atoms with Gasteiger partial charge in [0.05, 0.1) is 5.69 Å². The van der Waals surface area contributed by atoms with E-state index >= 15 is 0 Å². The first kappa shape index (κ1) is 7.43. The molecule has 1 aromatic carbocycles. The maximum Gasteiger partial charge on any atom is 0.138 e. The number of hydrogen-bond donors (Lipinski definition) is 3. The van der Waals surface area contributed by atoms with E-state index in [0.717, 1.165) is 18.4 Å². The van der Waals surface area contributed by atoms with Gasteiger partial charge < -0.3 is 16.6 Å². The van der Waals surface area contributed by atoms with Crippen molar-refractivity contribution in [3.63, 3.8) is 0 Å². The fraction of sp³-hybridized carbons (Fsp3) is 0.333. The quantitative estimate of drug-likeness (QED) is 0.394. The van der Waals surface area contributed by atoms with E-state index in [2.05, 4.69) is 0 Å². The predicted octanol–water partition coefficient (Wildman–Crippen LogP) is 0.920. The molecule has 64 valence electrons. The van der Waals surface area contributed by atoms with Crippen LogP contribution in [0.25, 0.3) is 0 Å². The molecule has 12 heavy (non-hydrogen) atoms. The molecule has 1 atom stereocenters. The predicted molar refractivity (Wildman–Crippen MR) is 47.8 cm³/mol. The number of nitrogen functional groups attached to an aromatic ring is 1. The van der Waals surface area contributed by atoms with Gasteiger partial charge in [0.15, 0.2) is 0 Å². The average molecular weight is 164 g/mol. The molecule has 0 heterocycles. The van der Waals surface area contributed by atoms with Gasteiger partial charge in [-0.25, -0.2) is 0 Å². The van der Waals surface area contributed by atoms with Crippen LogP contribution in [0.4, 0.5) is 5.69 Å². The zero-order valence-corrected chi connectivity index (χ0v) is 6.75. The second kappa shape index (κ2) is 2.38. The Hall–Kier alpha value is -1.22. The molecule has 5 N–H and O–H groups in total. The Balaban J connectivity index is 2.56. The minimum Gasteiger partial charge on any atom is -0.506 e. The van der Waals surface area contributed by atoms with Gasteiger partial charge in [-0.3, -0.25) is 0 Å². The lowest BCUT2D eigenvalue weighted by molar-refractivity contribution is 0.476. The number of fused-ring (bicyclic) bond motifs is 1. The van der Waals surface area contributed by atoms with Crippen LogP contribution in [0.5, 0.6) is 5.75 Å². The summed E-state index contributed by atoms with van der Waals surface area (Å²) in [6.07, 6.45) is 1.93. The molecule has 0 unspecified atom stereocenters. The first-order valence-electron chi connectivity index (χ1n) is 4.05. The second-order valence-corrected chi connectivity index (χ2v) is 3.26. The zero-order chi connectivity index (χ0) is 8.72. The number of phenols is 1. The molecule has 1 aromatic rings. The maximum atomic E-state index is 9.32. The van der Waals surface area contributed by atoms with Gasteiger partial charge in [-0.2, -0.15) is 0 Å². The molecule has 0 saturated heterocycles. The number of aryl methyl sites for hydroxylation is 1. The van der Waals surface area contributed by atoms with Gasteiger partial charge in [0.1, 0.15) is 5.75 Å². The number of hydrogen-bond acceptors (Lipinski definition) is 3. The first-order chi connectivity index (χ1) is 5.68. The van der Waals surface area contributed by atoms with Crippen molar-refractivity contribution in [3.8, 4) is 5.75 Å². The molecule has 0 radical (unpaired) electrons. The summed E-state index contributed by atoms with van der Waals surface area (Å²) in [7, 11) is 0. The van der Waals surface area contributed by atoms with Crippen LogP contribution in [0.1, 0.15) is 23.6 Å². The molecule has 0 aromatic heterocycles. The minimum atomic E-state index is 0.0755. The molecule has 1 aliphatic carbocycles. The average Bonchev–Trinajstić information content (AvgIpc) is 2.35. The van der Waals surface area contributed by atoms with Gasteiger partial charge in [-0.1, -0.05) is 0 Å². The van der Waals surface area contributed by atoms with Crippen molar-refractivity contribution >= 4 is 5.69 Å². The standard InChI is InChI=1S/C9H12N2O/c10-7-2-1-5-3-8(11)9(12)4-6(5)7/h3-4,7,12H,1-2,10-11H2/t7-/m1/s1. The molecule has 0 spiro atoms. The molecular formula is C9H12N2O. The third-order valence-corrected chi connectivity index (χ3v) is 2.41. The number of phenolic OH excluding ortho intramolecular Hbond substituents is 1. The molecule has 3 nitrogen and oxygen atoms in total. The Morgan fingerprint density at radius 1 is 1.42 bits per heavy atom. The van der Waals surface area contributed by atoms with Crippen molar-refractivity contribution in [1.29, 1.82) is 0 Å². The number of anilines is 1. The number of aromatic hydroxyl groups is 1. The monoisotopic (exact) mass is 164 g/mol. The third-order valence-electron chi connectivity index (χ3n) is 2.41. The normalized spacial score (nSPS) is 20.9. The van der Waals surface area contributed by atoms with E-state index in [4.69, 9.17) is 11.5 Å². The number of rotatable bonds is 0. The van der Waals surface area contributed by atoms with Crippen LogP contribution in [0.3, 0.4) is 0 Å². The Bertz CT molecular complexity index is 323. The largest absolute Gasteiger partial charge is 0.506 e. The highest BCUT2D eigenvalue weighted by Crippen LogP contribution is 2.34. The summed E-state index contributed by atoms with van der Waals surface area (Å²) in [6, 6.07) is 3.58. The van der Waals surface area contributed by atoms with Gasteiger partial charge in [-0.15, -0.1) is 0 Å². The van der Waals surface area contributed by atoms with Crippen LogP contribution in [-0.2, 0) is 6.42 Å². The fourth-order valence-electron chi connectivity index (χ4n) is 1.70. The molecule has 2 rings (SSSR count). The van der Waals surface area contributed by atoms with E-state index in [0.29, 0.717) is 5.69 Å². The zero-order valence-electron chi connectivity index (χ0n) is 6.75. The third kappa shape index (κ3) is 0.940. The lowest BCUT2D eigenvalue weighted by atomic mass is 10.1. The van der Waals surface area contributed by atoms with Gasteiger partial charge in [0.2, 0.25) is 0 Å². The molecule has 3 heteroatoms. The smallest absolute Gasteiger partial charge is 0.138 e. The fourth-order valence-corrected chi connectivity index (χ4v) is 1.70. The summed E-state index contributed by atoms with van der Waals surface area (Å²) >= 11 is 0. The Labute approximate surface area is 71.0 Å². The van der Waals surface area contributed by atoms with Crippen LogP contribution < -0.4 is 11.5 Å². The van der Waals surface area contributed by atoms with E-state index in [1.54, 1.807) is 6.07 Å². The van der Waals surface area contributed by atoms with Gasteiger partial charge in [-0.05, 0) is 36.1 Å². The summed E-state index contributed by atoms with van der Waals surface area (Å²) < 4.78 is 0. The number of benzene rings is 1. The highest BCUT2D eigenvalue weighted by Gasteiger charge is 2.20. The van der Waals surface area contributed by atoms with Crippen LogP contribution >= 0.6 is 0 Å². The first-order valence-corrected chi connectivity index (χ1v) is 4.05. The second-order valence-electron chi connectivity index (χ2n) is 3.26. The SMILES string of the molecule is Nc1cc2c(cc1O)[C@H](N)CC2. The van der Waals surface area contributed by atoms with Crippen molar-refractivity contribution < 1.29 is 5.11 Å². The van der Waals surface area contributed by atoms with E-state index < -0.39 is 0 Å². The summed E-state index contributed by atoms with van der Waals surface area (Å²) in [5.74, 6) is 0.145. The lowest BCUT2D eigenvalue weighted by Crippen LogP contribution is -2.05. The summed E-state index contributed by atoms with van der Waals surface area (Å²) in [5, 5.41) is 9.32. The van der Waals surface area contributed by atoms with Crippen LogP contribution in [0.15, 0.2) is 12.1 Å². The molecule has 0 bridgehead atoms. The number of nitrogens with two attached hydrogens (primary N) is 2. The van der Waals surface area contributed by atoms with E-state index in [9.17, 15) is 5.11 Å². The van der Waals surface area contributed by atoms with Crippen molar-refractivity contribution in [2.24, 2.45) is 5.73 Å². The highest BCUT2D eigenvalue weighted by molar-refractivity contribution is 5.57. The molecule has 0 saturated carbocycles. The van der Waals surface area contributed by atoms with E-state index in [-0.39, 0.29) is 11.8 Å². The Morgan fingerprint density at radius 3 is 2.92 bits per heavy atom. The molecule has 0 aliphatic heterocycles. The minimum absolute atomic E-state index is 0.0755. The Kier molecular flexibility index (Phi) is 1.48. The van der Waals surface area contributed by atoms with Crippen molar-refractivity contribution in [1.82, 2.24) is 0 Å². The van der Waals surface area contributed by atoms with Crippen LogP contribution in [0, 0.1) is 0 Å². The van der Waals surface area contributed by atoms with Gasteiger partial charge in [0.25, 0.3) is 0 Å². The van der Waals surface area contributed by atoms with Crippen molar-refractivity contribution in [2.45, 2.75) is 18.9 Å². The van der Waals surface area contributed by atoms with Gasteiger partial charge in [0, 0.05) is 6.04 Å². The lowest BCUT2D eigenvalue weighted by Gasteiger charge is -2.06. The summed E-state index contributed by atoms with van der Waals surface area (Å²) in [6.45, 7) is 0. The van der Waals surface area contributed by atoms with E-state index in [1.807, 2.05) is 6.07 Å². The maximum absolute atomic E-state index is 9.32. The van der Waals surface area contributed by atoms with E-state index in [1.165, 1.54) is 5.56 Å². The molecule has 1 aliphatic rings. The van der Waals surface area contributed by atoms with Gasteiger partial charge >= 0.3 is 0 Å². The molecule has 0 fully saturated rings. The van der Waals surface area contributed by atoms with Crippen LogP contribution in [-0.4, -0.2) is 5.11 Å². The van der Waals surface area contributed by atoms with Crippen molar-refractivity contribution in [2.75, 3.05) is 5.73 Å². The van der Waals surface area contributed by atoms with Crippen LogP contribution in [0.2, 0.25) is 0 Å². The van der Waals surface area contributed by atoms with Crippen molar-refractivity contribution in [3.05, 3.63) is 23.3 Å². The summed E-state index contributed by atoms with van der Waals surface area (Å²) in [4.78, 5) is 0. The Morgan fingerprint density at radius 2 is 2.17 bits per heavy atom. The highest BCUT2D eigenvalue weighted by atomic mass is 16.3. The molecular weight excluding hydrogens is 152 g/mol. The topological polar surface area (TPSA) is 72.3 Å².